The first kappa shape index (κ1) is 63.3. The van der Waals surface area contributed by atoms with Crippen LogP contribution in [-0.2, 0) is 41.4 Å². The Morgan fingerprint density at radius 1 is 0.568 bits per heavy atom. The number of aryl methyl sites for hydroxylation is 2. The average molecular weight is 1040 g/mol. The Labute approximate surface area is 428 Å². The molecule has 0 aliphatic carbocycles. The standard InChI is InChI=1S/C10H13NO5S.C9H11NO3.C9H11NO2.C8H8N2O.C8H9NO2.C7H4N2O/c1-7(16-17(3,13)14)8-4-5-9(11-6-8)10(12)15-2;1-6(11)7-3-4-8(10-5-7)9(12)13-2;1-3-7-4-5-8(10-6-7)9(11)12-2;1-6(11)7-2-3-8(4-9)10-5-7;1-2-6-3-4-7(8(10)11)9-5-6;8-3-7-2-1-6(5-10)4-9-7/h4-7H,1-3H3;3-6,11H,1-2H3;4-6H,3H2,1-2H3;2-3,5-6,11H,1H3;3-5H,2H2,1H3,(H,10,11);1-2,4-5H. The Bertz CT molecular complexity index is 2870. The Morgan fingerprint density at radius 2 is 0.932 bits per heavy atom. The fraction of sp³-hybridized carbons (Fsp3) is 0.275. The number of carbonyl (C=O) groups excluding carboxylic acids is 4. The monoisotopic (exact) mass is 1040 g/mol. The maximum Gasteiger partial charge on any atom is 0.356 e. The largest absolute Gasteiger partial charge is 0.477 e. The van der Waals surface area contributed by atoms with Gasteiger partial charge in [0.15, 0.2) is 6.29 Å². The molecular weight excluding hydrogens is 981 g/mol. The number of aldehydes is 1. The Kier molecular flexibility index (Phi) is 28.9. The number of nitriles is 2. The smallest absolute Gasteiger partial charge is 0.356 e. The number of pyridine rings is 6. The van der Waals surface area contributed by atoms with Crippen LogP contribution < -0.4 is 0 Å². The summed E-state index contributed by atoms with van der Waals surface area (Å²) in [6.07, 6.45) is 10.7. The Balaban J connectivity index is 0.000000448. The number of aliphatic hydroxyl groups excluding tert-OH is 2. The van der Waals surface area contributed by atoms with Gasteiger partial charge in [0, 0.05) is 48.3 Å². The number of hydrogen-bond acceptors (Lipinski definition) is 21. The fourth-order valence-electron chi connectivity index (χ4n) is 4.95. The van der Waals surface area contributed by atoms with Gasteiger partial charge in [0.05, 0.1) is 39.8 Å². The molecule has 3 N–H and O–H groups in total. The van der Waals surface area contributed by atoms with Gasteiger partial charge in [-0.3, -0.25) is 8.98 Å². The van der Waals surface area contributed by atoms with Gasteiger partial charge < -0.3 is 29.5 Å². The zero-order valence-corrected chi connectivity index (χ0v) is 42.8. The highest BCUT2D eigenvalue weighted by Crippen LogP contribution is 2.18. The molecule has 6 rings (SSSR count). The van der Waals surface area contributed by atoms with Crippen LogP contribution in [0.25, 0.3) is 0 Å². The van der Waals surface area contributed by atoms with Gasteiger partial charge in [0.2, 0.25) is 0 Å². The van der Waals surface area contributed by atoms with Crippen LogP contribution >= 0.6 is 0 Å². The molecule has 6 aromatic heterocycles. The zero-order chi connectivity index (χ0) is 55.8. The summed E-state index contributed by atoms with van der Waals surface area (Å²) >= 11 is 0. The molecule has 3 unspecified atom stereocenters. The zero-order valence-electron chi connectivity index (χ0n) is 41.9. The molecule has 0 aliphatic heterocycles. The molecule has 0 aliphatic rings. The average Bonchev–Trinajstić information content (AvgIpc) is 3.42. The molecule has 6 heterocycles. The fourth-order valence-corrected chi connectivity index (χ4v) is 5.58. The molecule has 0 spiro atoms. The van der Waals surface area contributed by atoms with Crippen molar-refractivity contribution in [3.63, 3.8) is 0 Å². The number of aromatic carboxylic acids is 1. The molecular formula is C51H56N8O14S. The van der Waals surface area contributed by atoms with Gasteiger partial charge in [-0.15, -0.1) is 0 Å². The first-order valence-corrected chi connectivity index (χ1v) is 23.6. The number of aromatic nitrogens is 6. The minimum atomic E-state index is -3.52. The molecule has 0 aromatic carbocycles. The van der Waals surface area contributed by atoms with Gasteiger partial charge in [-0.25, -0.2) is 49.1 Å². The van der Waals surface area contributed by atoms with Crippen molar-refractivity contribution in [1.82, 2.24) is 29.9 Å². The summed E-state index contributed by atoms with van der Waals surface area (Å²) in [5.41, 5.74) is 6.16. The van der Waals surface area contributed by atoms with Crippen molar-refractivity contribution >= 4 is 40.3 Å². The Morgan fingerprint density at radius 3 is 1.20 bits per heavy atom. The lowest BCUT2D eigenvalue weighted by molar-refractivity contribution is 0.0585. The highest BCUT2D eigenvalue weighted by Gasteiger charge is 2.15. The summed E-state index contributed by atoms with van der Waals surface area (Å²) in [7, 11) is 0.378. The SMILES string of the molecule is CC(O)c1ccc(C#N)nc1.CCc1ccc(C(=O)O)nc1.CCc1ccc(C(=O)OC)nc1.COC(=O)c1ccc(C(C)O)cn1.COC(=O)c1ccc(C(C)OS(C)(=O)=O)cn1.N#Cc1ccc(C=O)cn1. The maximum absolute atomic E-state index is 11.1. The van der Waals surface area contributed by atoms with Gasteiger partial charge in [-0.1, -0.05) is 44.2 Å². The van der Waals surface area contributed by atoms with Crippen molar-refractivity contribution in [3.8, 4) is 12.1 Å². The third kappa shape index (κ3) is 24.4. The summed E-state index contributed by atoms with van der Waals surface area (Å²) in [4.78, 5) is 76.3. The highest BCUT2D eigenvalue weighted by atomic mass is 32.2. The van der Waals surface area contributed by atoms with Crippen LogP contribution in [0, 0.1) is 22.7 Å². The van der Waals surface area contributed by atoms with Crippen LogP contribution in [0.4, 0.5) is 0 Å². The number of aliphatic hydroxyl groups is 2. The number of hydrogen-bond donors (Lipinski definition) is 3. The molecule has 3 atom stereocenters. The third-order valence-electron chi connectivity index (χ3n) is 9.13. The lowest BCUT2D eigenvalue weighted by Crippen LogP contribution is -2.09. The van der Waals surface area contributed by atoms with E-state index in [0.29, 0.717) is 40.1 Å². The second-order valence-corrected chi connectivity index (χ2v) is 16.2. The predicted octanol–water partition coefficient (Wildman–Crippen LogP) is 6.37. The van der Waals surface area contributed by atoms with E-state index in [1.807, 2.05) is 32.1 Å². The molecule has 0 bridgehead atoms. The normalized spacial score (nSPS) is 11.0. The van der Waals surface area contributed by atoms with Crippen LogP contribution in [0.1, 0.15) is 144 Å². The molecule has 6 aromatic rings. The van der Waals surface area contributed by atoms with E-state index in [0.717, 1.165) is 35.8 Å². The van der Waals surface area contributed by atoms with Crippen LogP contribution in [0.3, 0.4) is 0 Å². The van der Waals surface area contributed by atoms with Gasteiger partial charge in [-0.2, -0.15) is 18.9 Å². The van der Waals surface area contributed by atoms with Crippen molar-refractivity contribution < 1.29 is 66.1 Å². The van der Waals surface area contributed by atoms with Crippen LogP contribution in [0.5, 0.6) is 0 Å². The molecule has 74 heavy (non-hydrogen) atoms. The lowest BCUT2D eigenvalue weighted by Gasteiger charge is -2.10. The third-order valence-corrected chi connectivity index (χ3v) is 9.77. The van der Waals surface area contributed by atoms with E-state index in [9.17, 15) is 32.4 Å². The van der Waals surface area contributed by atoms with Crippen molar-refractivity contribution in [2.75, 3.05) is 27.6 Å². The Hall–Kier alpha value is -8.74. The van der Waals surface area contributed by atoms with Gasteiger partial charge in [-0.05, 0) is 98.3 Å². The number of ether oxygens (including phenoxy) is 3. The van der Waals surface area contributed by atoms with Crippen LogP contribution in [0.15, 0.2) is 110 Å². The molecule has 0 radical (unpaired) electrons. The molecule has 0 saturated heterocycles. The number of esters is 3. The van der Waals surface area contributed by atoms with E-state index in [1.54, 1.807) is 75.6 Å². The van der Waals surface area contributed by atoms with Crippen molar-refractivity contribution in [2.45, 2.75) is 65.8 Å². The molecule has 23 heteroatoms. The van der Waals surface area contributed by atoms with Gasteiger partial charge in [0.1, 0.15) is 52.4 Å². The predicted molar refractivity (Wildman–Crippen MR) is 266 cm³/mol. The first-order valence-electron chi connectivity index (χ1n) is 21.8. The topological polar surface area (TPSA) is 342 Å². The van der Waals surface area contributed by atoms with Crippen molar-refractivity contribution in [2.24, 2.45) is 0 Å². The molecule has 390 valence electrons. The molecule has 0 fully saturated rings. The molecule has 22 nitrogen and oxygen atoms in total. The first-order chi connectivity index (χ1) is 35.1. The minimum Gasteiger partial charge on any atom is -0.477 e. The summed E-state index contributed by atoms with van der Waals surface area (Å²) in [5.74, 6) is -2.39. The van der Waals surface area contributed by atoms with E-state index in [4.69, 9.17) is 30.0 Å². The molecule has 0 amide bonds. The minimum absolute atomic E-state index is 0.0993. The van der Waals surface area contributed by atoms with E-state index >= 15 is 0 Å². The van der Waals surface area contributed by atoms with Crippen molar-refractivity contribution in [1.29, 1.82) is 10.5 Å². The number of carboxylic acids is 1. The number of nitrogens with zero attached hydrogens (tertiary/aromatic N) is 8. The van der Waals surface area contributed by atoms with Crippen molar-refractivity contribution in [3.05, 3.63) is 178 Å². The summed E-state index contributed by atoms with van der Waals surface area (Å²) < 4.78 is 40.1. The summed E-state index contributed by atoms with van der Waals surface area (Å²) in [6, 6.07) is 23.1. The number of methoxy groups -OCH3 is 3. The van der Waals surface area contributed by atoms with E-state index in [-0.39, 0.29) is 17.1 Å². The van der Waals surface area contributed by atoms with Gasteiger partial charge >= 0.3 is 23.9 Å². The number of rotatable bonds is 12. The van der Waals surface area contributed by atoms with E-state index in [2.05, 4.69) is 44.1 Å². The van der Waals surface area contributed by atoms with Crippen LogP contribution in [0.2, 0.25) is 0 Å². The highest BCUT2D eigenvalue weighted by molar-refractivity contribution is 7.86. The quantitative estimate of drug-likeness (QED) is 0.0518. The lowest BCUT2D eigenvalue weighted by atomic mass is 10.2. The summed E-state index contributed by atoms with van der Waals surface area (Å²) in [6.45, 7) is 8.90. The van der Waals surface area contributed by atoms with E-state index in [1.165, 1.54) is 70.4 Å². The number of carbonyl (C=O) groups is 5. The maximum atomic E-state index is 11.1. The second kappa shape index (κ2) is 33.8. The number of carboxylic acid groups (broad SMARTS) is 1. The summed E-state index contributed by atoms with van der Waals surface area (Å²) in [5, 5.41) is 43.4. The van der Waals surface area contributed by atoms with Crippen LogP contribution in [-0.4, -0.2) is 111 Å². The van der Waals surface area contributed by atoms with Gasteiger partial charge in [0.25, 0.3) is 10.1 Å². The molecule has 0 saturated carbocycles. The van der Waals surface area contributed by atoms with E-state index < -0.39 is 52.3 Å². The second-order valence-electron chi connectivity index (χ2n) is 14.6.